The van der Waals surface area contributed by atoms with Gasteiger partial charge in [0.15, 0.2) is 0 Å². The molecule has 2 aromatic carbocycles. The topological polar surface area (TPSA) is 192 Å². The van der Waals surface area contributed by atoms with Gasteiger partial charge in [0.05, 0.1) is 38.9 Å². The van der Waals surface area contributed by atoms with Crippen molar-refractivity contribution in [2.24, 2.45) is 17.6 Å². The van der Waals surface area contributed by atoms with Crippen LogP contribution in [0.4, 0.5) is 17.2 Å². The van der Waals surface area contributed by atoms with Gasteiger partial charge in [-0.05, 0) is 145 Å². The minimum absolute atomic E-state index is 0.240. The zero-order valence-electron chi connectivity index (χ0n) is 39.7. The lowest BCUT2D eigenvalue weighted by atomic mass is 9.69. The maximum atomic E-state index is 6.11. The summed E-state index contributed by atoms with van der Waals surface area (Å²) in [6.45, 7) is 24.5. The smallest absolute Gasteiger partial charge is 0.402 e. The first-order chi connectivity index (χ1) is 31.1. The van der Waals surface area contributed by atoms with Gasteiger partial charge in [-0.1, -0.05) is 81.2 Å². The number of nitrogens with two attached hydrogens (primary N) is 3. The molecule has 0 saturated carbocycles. The molecule has 1 unspecified atom stereocenters. The van der Waals surface area contributed by atoms with E-state index in [2.05, 4.69) is 167 Å². The van der Waals surface area contributed by atoms with E-state index < -0.39 is 0 Å². The average molecular weight is 1090 g/mol. The van der Waals surface area contributed by atoms with E-state index in [1.54, 1.807) is 6.33 Å². The summed E-state index contributed by atoms with van der Waals surface area (Å²) in [5.41, 5.74) is 27.5. The van der Waals surface area contributed by atoms with Crippen LogP contribution in [0, 0.1) is 15.5 Å². The molecule has 0 radical (unpaired) electrons. The van der Waals surface area contributed by atoms with Crippen LogP contribution in [0.15, 0.2) is 89.0 Å². The highest BCUT2D eigenvalue weighted by Gasteiger charge is 2.52. The highest BCUT2D eigenvalue weighted by atomic mass is 127. The first-order valence-corrected chi connectivity index (χ1v) is 24.7. The summed E-state index contributed by atoms with van der Waals surface area (Å²) in [6, 6.07) is 16.2. The van der Waals surface area contributed by atoms with Crippen LogP contribution < -0.4 is 22.1 Å². The molecule has 17 heteroatoms. The Balaban J connectivity index is 0.000000155. The molecule has 2 aliphatic heterocycles. The van der Waals surface area contributed by atoms with E-state index in [9.17, 15) is 0 Å². The van der Waals surface area contributed by atoms with Crippen molar-refractivity contribution >= 4 is 96.5 Å². The molecule has 352 valence electrons. The lowest BCUT2D eigenvalue weighted by molar-refractivity contribution is 0.00578. The van der Waals surface area contributed by atoms with Crippen molar-refractivity contribution in [2.45, 2.75) is 98.7 Å². The normalized spacial score (nSPS) is 17.8. The lowest BCUT2D eigenvalue weighted by Gasteiger charge is -2.32. The van der Waals surface area contributed by atoms with Crippen LogP contribution in [-0.4, -0.2) is 74.5 Å². The molecule has 6 aromatic rings. The van der Waals surface area contributed by atoms with Crippen molar-refractivity contribution in [1.29, 1.82) is 0 Å². The Morgan fingerprint density at radius 3 is 1.95 bits per heavy atom. The second kappa shape index (κ2) is 21.8. The first kappa shape index (κ1) is 51.2. The van der Waals surface area contributed by atoms with Crippen LogP contribution in [-0.2, 0) is 14.0 Å². The molecule has 1 aliphatic carbocycles. The van der Waals surface area contributed by atoms with Crippen LogP contribution in [0.5, 0.6) is 0 Å². The van der Waals surface area contributed by atoms with E-state index in [0.29, 0.717) is 28.8 Å². The predicted molar refractivity (Wildman–Crippen MR) is 284 cm³/mol. The third-order valence-corrected chi connectivity index (χ3v) is 13.9. The van der Waals surface area contributed by atoms with Gasteiger partial charge in [0.2, 0.25) is 0 Å². The number of anilines is 3. The van der Waals surface area contributed by atoms with Gasteiger partial charge in [0, 0.05) is 46.2 Å². The highest BCUT2D eigenvalue weighted by Crippen LogP contribution is 2.41. The second-order valence-electron chi connectivity index (χ2n) is 18.8. The molecule has 0 amide bonds. The fraction of sp³-hybridized carbons (Fsp3) is 0.429. The Kier molecular flexibility index (Phi) is 16.9. The molecule has 8 N–H and O–H groups in total. The standard InChI is InChI=1S/C19H23N5O.C15H26BNO2.C9H12BrN.C6H3ClIN3/c1-12(2)14-9-13(3-4-16(14)20)17-10-15-18(23-17)21-11-22-19(15)24-5-7-25-8-6-24;1-10(2)12-9-11(7-8-13(12)17)16-18-14(3,4)15(5,6)19-16;1-6(2)8-5-7(10)3-4-9(8)11;7-5-3-1-4(8)11-6(3)10-2-9-5/h3-4,9-12H,5-8,20H2,1-2H3,(H,21,22,23);7-8,10,12H,9,17H2,1-6H3;3-6H,11H2,1-2H3;1-2H,(H,9,10,11). The highest BCUT2D eigenvalue weighted by molar-refractivity contribution is 14.1. The summed E-state index contributed by atoms with van der Waals surface area (Å²) in [5, 5.41) is 2.41. The van der Waals surface area contributed by atoms with Crippen molar-refractivity contribution in [2.75, 3.05) is 42.7 Å². The van der Waals surface area contributed by atoms with Crippen LogP contribution >= 0.6 is 50.1 Å². The van der Waals surface area contributed by atoms with Gasteiger partial charge < -0.3 is 46.1 Å². The van der Waals surface area contributed by atoms with Crippen molar-refractivity contribution in [3.63, 3.8) is 0 Å². The number of aromatic amines is 2. The van der Waals surface area contributed by atoms with E-state index in [-0.39, 0.29) is 18.3 Å². The molecule has 4 aromatic heterocycles. The molecule has 3 aliphatic rings. The Morgan fingerprint density at radius 1 is 0.773 bits per heavy atom. The fourth-order valence-corrected chi connectivity index (χ4v) is 8.96. The number of hydrogen-bond acceptors (Lipinski definition) is 11. The summed E-state index contributed by atoms with van der Waals surface area (Å²) in [6.07, 6.45) is 8.06. The molecule has 1 atom stereocenters. The van der Waals surface area contributed by atoms with E-state index in [1.165, 1.54) is 17.4 Å². The molecular weight excluding hydrogens is 1030 g/mol. The third-order valence-electron chi connectivity index (χ3n) is 12.5. The van der Waals surface area contributed by atoms with E-state index in [0.717, 1.165) is 103 Å². The zero-order chi connectivity index (χ0) is 48.1. The number of nitrogen functional groups attached to an aromatic ring is 2. The number of hydrogen-bond donors (Lipinski definition) is 5. The maximum absolute atomic E-state index is 6.11. The number of morpholine rings is 1. The summed E-state index contributed by atoms with van der Waals surface area (Å²) in [7, 11) is -0.240. The van der Waals surface area contributed by atoms with Crippen molar-refractivity contribution < 1.29 is 14.0 Å². The summed E-state index contributed by atoms with van der Waals surface area (Å²) < 4.78 is 19.8. The number of ether oxygens (including phenoxy) is 1. The number of H-pyrrole nitrogens is 2. The molecule has 0 bridgehead atoms. The fourth-order valence-electron chi connectivity index (χ4n) is 7.83. The maximum Gasteiger partial charge on any atom is 0.490 e. The van der Waals surface area contributed by atoms with E-state index in [1.807, 2.05) is 36.4 Å². The number of fused-ring (bicyclic) bond motifs is 2. The van der Waals surface area contributed by atoms with Gasteiger partial charge in [-0.3, -0.25) is 0 Å². The number of nitrogens with zero attached hydrogens (tertiary/aromatic N) is 5. The van der Waals surface area contributed by atoms with Crippen LogP contribution in [0.25, 0.3) is 33.3 Å². The Morgan fingerprint density at radius 2 is 1.36 bits per heavy atom. The van der Waals surface area contributed by atoms with Gasteiger partial charge in [-0.15, -0.1) is 0 Å². The Hall–Kier alpha value is -4.20. The van der Waals surface area contributed by atoms with Gasteiger partial charge in [-0.2, -0.15) is 0 Å². The third kappa shape index (κ3) is 12.3. The predicted octanol–water partition coefficient (Wildman–Crippen LogP) is 11.6. The van der Waals surface area contributed by atoms with Gasteiger partial charge in [0.25, 0.3) is 0 Å². The van der Waals surface area contributed by atoms with Crippen molar-refractivity contribution in [3.05, 3.63) is 109 Å². The number of benzene rings is 2. The van der Waals surface area contributed by atoms with Gasteiger partial charge >= 0.3 is 7.12 Å². The van der Waals surface area contributed by atoms with Gasteiger partial charge in [-0.25, -0.2) is 19.9 Å². The first-order valence-electron chi connectivity index (χ1n) is 22.4. The molecule has 0 spiro atoms. The SMILES string of the molecule is CC(C)C1CC(B2OC(C)(C)C(C)(C)O2)=CC=C1N.CC(C)c1cc(-c2cc3c(N4CCOCC4)ncnc3[nH]2)ccc1N.CC(C)c1cc(Br)ccc1N.Clc1ncnc2[nH]c(I)cc12. The lowest BCUT2D eigenvalue weighted by Crippen LogP contribution is -2.41. The zero-order valence-corrected chi connectivity index (χ0v) is 44.2. The molecule has 6 heterocycles. The monoisotopic (exact) mass is 1090 g/mol. The minimum atomic E-state index is -0.279. The molecule has 2 saturated heterocycles. The number of aromatic nitrogens is 6. The van der Waals surface area contributed by atoms with E-state index in [4.69, 9.17) is 42.8 Å². The number of rotatable bonds is 6. The molecule has 66 heavy (non-hydrogen) atoms. The second-order valence-corrected chi connectivity index (χ2v) is 21.2. The van der Waals surface area contributed by atoms with Crippen LogP contribution in [0.2, 0.25) is 5.15 Å². The number of allylic oxidation sites excluding steroid dienone is 4. The summed E-state index contributed by atoms with van der Waals surface area (Å²) >= 11 is 11.4. The van der Waals surface area contributed by atoms with Crippen LogP contribution in [0.1, 0.15) is 98.6 Å². The van der Waals surface area contributed by atoms with E-state index >= 15 is 0 Å². The van der Waals surface area contributed by atoms with Gasteiger partial charge in [0.1, 0.15) is 34.9 Å². The molecule has 2 fully saturated rings. The summed E-state index contributed by atoms with van der Waals surface area (Å²) in [4.78, 5) is 25.5. The van der Waals surface area contributed by atoms with Crippen LogP contribution in [0.3, 0.4) is 0 Å². The van der Waals surface area contributed by atoms with Crippen molar-refractivity contribution in [1.82, 2.24) is 29.9 Å². The van der Waals surface area contributed by atoms with Crippen molar-refractivity contribution in [3.8, 4) is 11.3 Å². The molecular formula is C49H64BBrClIN10O3. The largest absolute Gasteiger partial charge is 0.490 e. The average Bonchev–Trinajstić information content (AvgIpc) is 3.95. The Labute approximate surface area is 416 Å². The number of nitrogens with one attached hydrogen (secondary N) is 2. The summed E-state index contributed by atoms with van der Waals surface area (Å²) in [5.74, 6) is 2.76. The minimum Gasteiger partial charge on any atom is -0.402 e. The quantitative estimate of drug-likeness (QED) is 0.0461. The number of halogens is 3. The Bertz CT molecular complexity index is 2660. The molecule has 13 nitrogen and oxygen atoms in total. The molecule has 9 rings (SSSR count).